The van der Waals surface area contributed by atoms with E-state index in [1.54, 1.807) is 0 Å². The molecule has 0 unspecified atom stereocenters. The predicted molar refractivity (Wildman–Crippen MR) is 76.1 cm³/mol. The van der Waals surface area contributed by atoms with Gasteiger partial charge in [0.2, 0.25) is 0 Å². The molecule has 1 aromatic carbocycles. The van der Waals surface area contributed by atoms with Gasteiger partial charge >= 0.3 is 0 Å². The van der Waals surface area contributed by atoms with Crippen molar-refractivity contribution in [3.05, 3.63) is 29.8 Å². The maximum atomic E-state index is 5.71. The zero-order chi connectivity index (χ0) is 12.0. The van der Waals surface area contributed by atoms with Crippen molar-refractivity contribution in [3.8, 4) is 5.75 Å². The molecule has 0 spiro atoms. The number of halogens is 1. The minimum Gasteiger partial charge on any atom is -0.493 e. The van der Waals surface area contributed by atoms with Gasteiger partial charge in [-0.2, -0.15) is 0 Å². The SMILES string of the molecule is CCCOc1ccccc1CNC(C)(C)C.Cl. The lowest BCUT2D eigenvalue weighted by Crippen LogP contribution is -2.35. The first kappa shape index (κ1) is 16.3. The van der Waals surface area contributed by atoms with E-state index >= 15 is 0 Å². The maximum absolute atomic E-state index is 5.71. The lowest BCUT2D eigenvalue weighted by molar-refractivity contribution is 0.311. The zero-order valence-corrected chi connectivity index (χ0v) is 12.1. The van der Waals surface area contributed by atoms with Crippen LogP contribution in [-0.4, -0.2) is 12.1 Å². The van der Waals surface area contributed by atoms with E-state index in [2.05, 4.69) is 45.1 Å². The van der Waals surface area contributed by atoms with Crippen LogP contribution in [0.5, 0.6) is 5.75 Å². The van der Waals surface area contributed by atoms with E-state index in [9.17, 15) is 0 Å². The summed E-state index contributed by atoms with van der Waals surface area (Å²) in [5, 5.41) is 3.47. The molecule has 0 aromatic heterocycles. The minimum atomic E-state index is 0. The van der Waals surface area contributed by atoms with E-state index in [1.165, 1.54) is 5.56 Å². The summed E-state index contributed by atoms with van der Waals surface area (Å²) in [6, 6.07) is 8.23. The minimum absolute atomic E-state index is 0. The number of rotatable bonds is 5. The highest BCUT2D eigenvalue weighted by Gasteiger charge is 2.10. The standard InChI is InChI=1S/C14H23NO.ClH/c1-5-10-16-13-9-7-6-8-12(13)11-15-14(2,3)4;/h6-9,15H,5,10-11H2,1-4H3;1H. The van der Waals surface area contributed by atoms with Crippen LogP contribution in [0.2, 0.25) is 0 Å². The van der Waals surface area contributed by atoms with Gasteiger partial charge in [0.15, 0.2) is 0 Å². The Morgan fingerprint density at radius 2 is 1.82 bits per heavy atom. The maximum Gasteiger partial charge on any atom is 0.123 e. The Bertz CT molecular complexity index is 320. The van der Waals surface area contributed by atoms with Crippen LogP contribution in [0.3, 0.4) is 0 Å². The first-order valence-electron chi connectivity index (χ1n) is 5.98. The number of hydrogen-bond acceptors (Lipinski definition) is 2. The number of benzene rings is 1. The van der Waals surface area contributed by atoms with Crippen LogP contribution in [0.4, 0.5) is 0 Å². The second-order valence-corrected chi connectivity index (χ2v) is 5.06. The van der Waals surface area contributed by atoms with E-state index in [1.807, 2.05) is 12.1 Å². The molecule has 0 aliphatic rings. The Labute approximate surface area is 111 Å². The first-order valence-corrected chi connectivity index (χ1v) is 5.98. The average molecular weight is 258 g/mol. The highest BCUT2D eigenvalue weighted by molar-refractivity contribution is 5.85. The summed E-state index contributed by atoms with van der Waals surface area (Å²) in [7, 11) is 0. The van der Waals surface area contributed by atoms with Crippen molar-refractivity contribution in [3.63, 3.8) is 0 Å². The fourth-order valence-corrected chi connectivity index (χ4v) is 1.36. The Morgan fingerprint density at radius 1 is 1.18 bits per heavy atom. The quantitative estimate of drug-likeness (QED) is 0.867. The summed E-state index contributed by atoms with van der Waals surface area (Å²) in [6.07, 6.45) is 1.04. The van der Waals surface area contributed by atoms with Gasteiger partial charge < -0.3 is 10.1 Å². The number of nitrogens with one attached hydrogen (secondary N) is 1. The molecule has 0 heterocycles. The molecular weight excluding hydrogens is 234 g/mol. The fraction of sp³-hybridized carbons (Fsp3) is 0.571. The van der Waals surface area contributed by atoms with Gasteiger partial charge in [-0.3, -0.25) is 0 Å². The first-order chi connectivity index (χ1) is 7.53. The summed E-state index contributed by atoms with van der Waals surface area (Å²) < 4.78 is 5.71. The molecule has 0 radical (unpaired) electrons. The van der Waals surface area contributed by atoms with Gasteiger partial charge in [-0.05, 0) is 33.3 Å². The third-order valence-corrected chi connectivity index (χ3v) is 2.24. The van der Waals surface area contributed by atoms with Crippen molar-refractivity contribution in [2.45, 2.75) is 46.2 Å². The van der Waals surface area contributed by atoms with E-state index < -0.39 is 0 Å². The summed E-state index contributed by atoms with van der Waals surface area (Å²) in [6.45, 7) is 10.3. The lowest BCUT2D eigenvalue weighted by Gasteiger charge is -2.21. The molecule has 0 fully saturated rings. The highest BCUT2D eigenvalue weighted by atomic mass is 35.5. The molecule has 0 aliphatic carbocycles. The summed E-state index contributed by atoms with van der Waals surface area (Å²) >= 11 is 0. The van der Waals surface area contributed by atoms with E-state index in [-0.39, 0.29) is 17.9 Å². The Balaban J connectivity index is 0.00000256. The van der Waals surface area contributed by atoms with E-state index in [4.69, 9.17) is 4.74 Å². The topological polar surface area (TPSA) is 21.3 Å². The number of para-hydroxylation sites is 1. The highest BCUT2D eigenvalue weighted by Crippen LogP contribution is 2.18. The van der Waals surface area contributed by atoms with Crippen LogP contribution in [0.15, 0.2) is 24.3 Å². The van der Waals surface area contributed by atoms with Crippen molar-refractivity contribution in [2.75, 3.05) is 6.61 Å². The summed E-state index contributed by atoms with van der Waals surface area (Å²) in [4.78, 5) is 0. The second kappa shape index (κ2) is 7.57. The van der Waals surface area contributed by atoms with Crippen molar-refractivity contribution >= 4 is 12.4 Å². The van der Waals surface area contributed by atoms with Crippen LogP contribution >= 0.6 is 12.4 Å². The fourth-order valence-electron chi connectivity index (χ4n) is 1.36. The molecule has 1 aromatic rings. The third kappa shape index (κ3) is 6.54. The summed E-state index contributed by atoms with van der Waals surface area (Å²) in [5.41, 5.74) is 1.36. The van der Waals surface area contributed by atoms with Crippen LogP contribution in [0, 0.1) is 0 Å². The molecule has 2 nitrogen and oxygen atoms in total. The van der Waals surface area contributed by atoms with Crippen molar-refractivity contribution in [2.24, 2.45) is 0 Å². The van der Waals surface area contributed by atoms with Crippen LogP contribution in [0.25, 0.3) is 0 Å². The van der Waals surface area contributed by atoms with E-state index in [0.29, 0.717) is 0 Å². The molecular formula is C14H24ClNO. The average Bonchev–Trinajstić information content (AvgIpc) is 2.23. The normalized spacial score (nSPS) is 10.8. The monoisotopic (exact) mass is 257 g/mol. The van der Waals surface area contributed by atoms with Gasteiger partial charge in [0.25, 0.3) is 0 Å². The molecule has 0 saturated carbocycles. The van der Waals surface area contributed by atoms with Crippen LogP contribution in [-0.2, 0) is 6.54 Å². The Kier molecular flexibility index (Phi) is 7.24. The van der Waals surface area contributed by atoms with Crippen molar-refractivity contribution in [1.82, 2.24) is 5.32 Å². The Hall–Kier alpha value is -0.730. The van der Waals surface area contributed by atoms with Gasteiger partial charge in [0, 0.05) is 17.6 Å². The molecule has 1 N–H and O–H groups in total. The zero-order valence-electron chi connectivity index (χ0n) is 11.2. The second-order valence-electron chi connectivity index (χ2n) is 5.06. The molecule has 0 amide bonds. The van der Waals surface area contributed by atoms with Gasteiger partial charge in [0.05, 0.1) is 6.61 Å². The van der Waals surface area contributed by atoms with Gasteiger partial charge in [-0.25, -0.2) is 0 Å². The van der Waals surface area contributed by atoms with Gasteiger partial charge in [0.1, 0.15) is 5.75 Å². The lowest BCUT2D eigenvalue weighted by atomic mass is 10.1. The van der Waals surface area contributed by atoms with Crippen molar-refractivity contribution in [1.29, 1.82) is 0 Å². The molecule has 0 bridgehead atoms. The molecule has 3 heteroatoms. The van der Waals surface area contributed by atoms with Crippen LogP contribution in [0.1, 0.15) is 39.7 Å². The summed E-state index contributed by atoms with van der Waals surface area (Å²) in [5.74, 6) is 1.00. The molecule has 0 aliphatic heterocycles. The molecule has 98 valence electrons. The molecule has 17 heavy (non-hydrogen) atoms. The number of ether oxygens (including phenoxy) is 1. The van der Waals surface area contributed by atoms with Crippen molar-refractivity contribution < 1.29 is 4.74 Å². The van der Waals surface area contributed by atoms with Gasteiger partial charge in [-0.15, -0.1) is 12.4 Å². The molecule has 1 rings (SSSR count). The predicted octanol–water partition coefficient (Wildman–Crippen LogP) is 3.79. The smallest absolute Gasteiger partial charge is 0.123 e. The largest absolute Gasteiger partial charge is 0.493 e. The van der Waals surface area contributed by atoms with E-state index in [0.717, 1.165) is 25.3 Å². The molecule has 0 saturated heterocycles. The Morgan fingerprint density at radius 3 is 2.41 bits per heavy atom. The number of hydrogen-bond donors (Lipinski definition) is 1. The molecule has 0 atom stereocenters. The van der Waals surface area contributed by atoms with Crippen LogP contribution < -0.4 is 10.1 Å². The third-order valence-electron chi connectivity index (χ3n) is 2.24. The van der Waals surface area contributed by atoms with Gasteiger partial charge in [-0.1, -0.05) is 25.1 Å².